The largest absolute Gasteiger partial charge is 0.0992 e. The van der Waals surface area contributed by atoms with Gasteiger partial charge in [0.25, 0.3) is 0 Å². The molecule has 0 aromatic rings. The highest BCUT2D eigenvalue weighted by molar-refractivity contribution is 6.83. The lowest BCUT2D eigenvalue weighted by Crippen LogP contribution is -2.23. The molecule has 1 heteroatoms. The molecule has 0 radical (unpaired) electrons. The Kier molecular flexibility index (Phi) is 2.10. The molecule has 0 atom stereocenters. The van der Waals surface area contributed by atoms with Crippen LogP contribution in [0.25, 0.3) is 0 Å². The molecule has 0 nitrogen and oxygen atoms in total. The first-order valence-corrected chi connectivity index (χ1v) is 7.77. The number of allylic oxidation sites excluding steroid dienone is 3. The maximum Gasteiger partial charge on any atom is 0.0728 e. The van der Waals surface area contributed by atoms with Gasteiger partial charge in [0.1, 0.15) is 0 Å². The molecule has 11 heavy (non-hydrogen) atoms. The maximum atomic E-state index is 4.05. The van der Waals surface area contributed by atoms with Crippen LogP contribution in [0.4, 0.5) is 0 Å². The van der Waals surface area contributed by atoms with Crippen LogP contribution in [-0.2, 0) is 0 Å². The molecular weight excluding hydrogens is 148 g/mol. The van der Waals surface area contributed by atoms with Crippen molar-refractivity contribution in [1.82, 2.24) is 0 Å². The lowest BCUT2D eigenvalue weighted by molar-refractivity contribution is 1.16. The van der Waals surface area contributed by atoms with Gasteiger partial charge in [-0.05, 0) is 19.8 Å². The lowest BCUT2D eigenvalue weighted by Gasteiger charge is -2.19. The summed E-state index contributed by atoms with van der Waals surface area (Å²) >= 11 is 0. The second kappa shape index (κ2) is 2.63. The van der Waals surface area contributed by atoms with Gasteiger partial charge in [0.15, 0.2) is 0 Å². The van der Waals surface area contributed by atoms with E-state index in [9.17, 15) is 0 Å². The minimum Gasteiger partial charge on any atom is -0.0992 e. The molecule has 0 fully saturated rings. The van der Waals surface area contributed by atoms with Crippen LogP contribution >= 0.6 is 0 Å². The smallest absolute Gasteiger partial charge is 0.0728 e. The number of hydrogen-bond donors (Lipinski definition) is 0. The molecule has 1 rings (SSSR count). The molecule has 0 aromatic carbocycles. The minimum absolute atomic E-state index is 1.01. The molecule has 0 spiro atoms. The SMILES string of the molecule is C=C1CC(C)=C([Si](C)(C)C)C1. The molecule has 0 aromatic heterocycles. The van der Waals surface area contributed by atoms with E-state index in [1.807, 2.05) is 0 Å². The van der Waals surface area contributed by atoms with E-state index in [0.29, 0.717) is 0 Å². The predicted octanol–water partition coefficient (Wildman–Crippen LogP) is 3.53. The van der Waals surface area contributed by atoms with Crippen molar-refractivity contribution in [3.05, 3.63) is 22.9 Å². The Balaban J connectivity index is 2.89. The molecule has 0 unspecified atom stereocenters. The predicted molar refractivity (Wildman–Crippen MR) is 54.4 cm³/mol. The van der Waals surface area contributed by atoms with Gasteiger partial charge in [0, 0.05) is 0 Å². The second-order valence-electron chi connectivity index (χ2n) is 4.61. The third kappa shape index (κ3) is 1.83. The molecule has 0 bridgehead atoms. The van der Waals surface area contributed by atoms with Crippen molar-refractivity contribution in [2.45, 2.75) is 39.4 Å². The molecule has 0 N–H and O–H groups in total. The van der Waals surface area contributed by atoms with E-state index < -0.39 is 8.07 Å². The van der Waals surface area contributed by atoms with Crippen molar-refractivity contribution >= 4 is 8.07 Å². The van der Waals surface area contributed by atoms with Crippen LogP contribution in [0.15, 0.2) is 22.9 Å². The normalized spacial score (nSPS) is 19.8. The van der Waals surface area contributed by atoms with E-state index in [1.54, 1.807) is 10.8 Å². The summed E-state index contributed by atoms with van der Waals surface area (Å²) in [7, 11) is -1.01. The van der Waals surface area contributed by atoms with Crippen molar-refractivity contribution in [2.75, 3.05) is 0 Å². The van der Waals surface area contributed by atoms with Crippen LogP contribution < -0.4 is 0 Å². The molecule has 62 valence electrons. The Bertz CT molecular complexity index is 216. The average molecular weight is 166 g/mol. The van der Waals surface area contributed by atoms with Gasteiger partial charge in [0.05, 0.1) is 8.07 Å². The van der Waals surface area contributed by atoms with E-state index in [-0.39, 0.29) is 0 Å². The molecule has 1 aliphatic rings. The molecule has 0 heterocycles. The van der Waals surface area contributed by atoms with Crippen molar-refractivity contribution in [2.24, 2.45) is 0 Å². The van der Waals surface area contributed by atoms with Gasteiger partial charge in [0.2, 0.25) is 0 Å². The van der Waals surface area contributed by atoms with E-state index in [4.69, 9.17) is 0 Å². The fourth-order valence-electron chi connectivity index (χ4n) is 1.85. The summed E-state index contributed by atoms with van der Waals surface area (Å²) in [6.07, 6.45) is 2.36. The summed E-state index contributed by atoms with van der Waals surface area (Å²) in [5, 5.41) is 1.74. The highest BCUT2D eigenvalue weighted by Crippen LogP contribution is 2.34. The first-order chi connectivity index (χ1) is 4.91. The molecule has 1 aliphatic carbocycles. The van der Waals surface area contributed by atoms with Crippen LogP contribution in [0.2, 0.25) is 19.6 Å². The van der Waals surface area contributed by atoms with Crippen molar-refractivity contribution in [3.8, 4) is 0 Å². The Morgan fingerprint density at radius 3 is 1.91 bits per heavy atom. The highest BCUT2D eigenvalue weighted by atomic mass is 28.3. The summed E-state index contributed by atoms with van der Waals surface area (Å²) in [6, 6.07) is 0. The monoisotopic (exact) mass is 166 g/mol. The second-order valence-corrected chi connectivity index (χ2v) is 9.72. The van der Waals surface area contributed by atoms with Crippen LogP contribution in [0.5, 0.6) is 0 Å². The lowest BCUT2D eigenvalue weighted by atomic mass is 10.2. The zero-order valence-electron chi connectivity index (χ0n) is 8.12. The van der Waals surface area contributed by atoms with Crippen LogP contribution in [0, 0.1) is 0 Å². The van der Waals surface area contributed by atoms with Crippen LogP contribution in [0.1, 0.15) is 19.8 Å². The molecular formula is C10H18Si. The highest BCUT2D eigenvalue weighted by Gasteiger charge is 2.25. The van der Waals surface area contributed by atoms with E-state index in [1.165, 1.54) is 18.4 Å². The van der Waals surface area contributed by atoms with Crippen molar-refractivity contribution < 1.29 is 0 Å². The van der Waals surface area contributed by atoms with Gasteiger partial charge in [-0.2, -0.15) is 0 Å². The molecule has 0 saturated heterocycles. The fourth-order valence-corrected chi connectivity index (χ4v) is 4.00. The third-order valence-corrected chi connectivity index (χ3v) is 4.78. The topological polar surface area (TPSA) is 0 Å². The summed E-state index contributed by atoms with van der Waals surface area (Å²) in [4.78, 5) is 0. The van der Waals surface area contributed by atoms with Gasteiger partial charge in [-0.1, -0.05) is 42.6 Å². The number of rotatable bonds is 1. The first-order valence-electron chi connectivity index (χ1n) is 4.27. The summed E-state index contributed by atoms with van der Waals surface area (Å²) in [5.74, 6) is 0. The quantitative estimate of drug-likeness (QED) is 0.413. The molecule has 0 saturated carbocycles. The van der Waals surface area contributed by atoms with Gasteiger partial charge >= 0.3 is 0 Å². The van der Waals surface area contributed by atoms with Crippen molar-refractivity contribution in [3.63, 3.8) is 0 Å². The van der Waals surface area contributed by atoms with Crippen LogP contribution in [0.3, 0.4) is 0 Å². The van der Waals surface area contributed by atoms with Gasteiger partial charge in [-0.15, -0.1) is 0 Å². The zero-order valence-corrected chi connectivity index (χ0v) is 9.12. The summed E-state index contributed by atoms with van der Waals surface area (Å²) < 4.78 is 0. The molecule has 0 aliphatic heterocycles. The Morgan fingerprint density at radius 2 is 1.73 bits per heavy atom. The first kappa shape index (κ1) is 8.79. The summed E-state index contributed by atoms with van der Waals surface area (Å²) in [6.45, 7) is 13.6. The van der Waals surface area contributed by atoms with Gasteiger partial charge in [-0.25, -0.2) is 0 Å². The van der Waals surface area contributed by atoms with Gasteiger partial charge < -0.3 is 0 Å². The minimum atomic E-state index is -1.01. The standard InChI is InChI=1S/C10H18Si/c1-8-6-9(2)10(7-8)11(3,4)5/h1,6-7H2,2-5H3. The maximum absolute atomic E-state index is 4.05. The summed E-state index contributed by atoms with van der Waals surface area (Å²) in [5.41, 5.74) is 3.02. The fraction of sp³-hybridized carbons (Fsp3) is 0.600. The zero-order chi connectivity index (χ0) is 8.65. The van der Waals surface area contributed by atoms with E-state index >= 15 is 0 Å². The van der Waals surface area contributed by atoms with Gasteiger partial charge in [-0.3, -0.25) is 0 Å². The van der Waals surface area contributed by atoms with E-state index in [2.05, 4.69) is 33.1 Å². The Morgan fingerprint density at radius 1 is 1.18 bits per heavy atom. The number of hydrogen-bond acceptors (Lipinski definition) is 0. The Hall–Kier alpha value is -0.303. The van der Waals surface area contributed by atoms with E-state index in [0.717, 1.165) is 0 Å². The van der Waals surface area contributed by atoms with Crippen LogP contribution in [-0.4, -0.2) is 8.07 Å². The average Bonchev–Trinajstić information content (AvgIpc) is 2.08. The molecule has 0 amide bonds. The van der Waals surface area contributed by atoms with Crippen molar-refractivity contribution in [1.29, 1.82) is 0 Å². The third-order valence-electron chi connectivity index (χ3n) is 2.36. The Labute approximate surface area is 71.0 Å².